The van der Waals surface area contributed by atoms with Gasteiger partial charge in [0.15, 0.2) is 16.7 Å². The standard InChI is InChI=1S/C24H25BrN2O5S/c1-5-30-19-13-15(12-18(25)21(19)31-6-2)14-20-22(28)27(4)24(33-20)26-17-10-8-16(9-11-17)23(29)32-7-3/h8-14H,5-7H2,1-4H3. The maximum atomic E-state index is 12.8. The van der Waals surface area contributed by atoms with Gasteiger partial charge in [-0.25, -0.2) is 9.79 Å². The van der Waals surface area contributed by atoms with Gasteiger partial charge >= 0.3 is 5.97 Å². The molecule has 1 heterocycles. The number of carbonyl (C=O) groups is 2. The SMILES string of the molecule is CCOC(=O)c1ccc(N=C2SC(=Cc3cc(Br)c(OCC)c(OCC)c3)C(=O)N2C)cc1. The number of benzene rings is 2. The van der Waals surface area contributed by atoms with E-state index in [4.69, 9.17) is 14.2 Å². The van der Waals surface area contributed by atoms with Crippen LogP contribution in [0.3, 0.4) is 0 Å². The Morgan fingerprint density at radius 2 is 1.79 bits per heavy atom. The fourth-order valence-corrected chi connectivity index (χ4v) is 4.58. The van der Waals surface area contributed by atoms with Gasteiger partial charge in [0.2, 0.25) is 0 Å². The van der Waals surface area contributed by atoms with Crippen LogP contribution < -0.4 is 9.47 Å². The Morgan fingerprint density at radius 3 is 2.42 bits per heavy atom. The fourth-order valence-electron chi connectivity index (χ4n) is 3.02. The Kier molecular flexibility index (Phi) is 8.57. The van der Waals surface area contributed by atoms with Crippen molar-refractivity contribution in [1.82, 2.24) is 4.90 Å². The van der Waals surface area contributed by atoms with Gasteiger partial charge in [-0.1, -0.05) is 0 Å². The summed E-state index contributed by atoms with van der Waals surface area (Å²) in [5, 5.41) is 0.546. The maximum Gasteiger partial charge on any atom is 0.338 e. The predicted molar refractivity (Wildman–Crippen MR) is 134 cm³/mol. The Labute approximate surface area is 205 Å². The molecule has 9 heteroatoms. The van der Waals surface area contributed by atoms with Crippen molar-refractivity contribution in [1.29, 1.82) is 0 Å². The minimum Gasteiger partial charge on any atom is -0.490 e. The molecule has 0 aromatic heterocycles. The van der Waals surface area contributed by atoms with Crippen LogP contribution in [0.2, 0.25) is 0 Å². The lowest BCUT2D eigenvalue weighted by molar-refractivity contribution is -0.121. The van der Waals surface area contributed by atoms with Gasteiger partial charge in [-0.3, -0.25) is 9.69 Å². The molecule has 0 saturated carbocycles. The average molecular weight is 533 g/mol. The molecule has 1 fully saturated rings. The molecule has 0 radical (unpaired) electrons. The van der Waals surface area contributed by atoms with E-state index < -0.39 is 0 Å². The molecule has 2 aromatic carbocycles. The highest BCUT2D eigenvalue weighted by molar-refractivity contribution is 9.10. The molecule has 0 unspecified atom stereocenters. The van der Waals surface area contributed by atoms with E-state index in [0.29, 0.717) is 52.6 Å². The molecule has 1 aliphatic heterocycles. The van der Waals surface area contributed by atoms with Crippen LogP contribution in [0.5, 0.6) is 11.5 Å². The third-order valence-corrected chi connectivity index (χ3v) is 6.17. The van der Waals surface area contributed by atoms with Crippen LogP contribution in [0.15, 0.2) is 50.8 Å². The first-order chi connectivity index (χ1) is 15.9. The lowest BCUT2D eigenvalue weighted by Gasteiger charge is -2.13. The lowest BCUT2D eigenvalue weighted by Crippen LogP contribution is -2.23. The minimum absolute atomic E-state index is 0.148. The summed E-state index contributed by atoms with van der Waals surface area (Å²) in [4.78, 5) is 31.2. The molecular formula is C24H25BrN2O5S. The van der Waals surface area contributed by atoms with Crippen molar-refractivity contribution in [2.24, 2.45) is 4.99 Å². The molecule has 1 aliphatic rings. The third-order valence-electron chi connectivity index (χ3n) is 4.52. The van der Waals surface area contributed by atoms with E-state index in [-0.39, 0.29) is 11.9 Å². The van der Waals surface area contributed by atoms with E-state index in [1.165, 1.54) is 16.7 Å². The first-order valence-corrected chi connectivity index (χ1v) is 12.1. The van der Waals surface area contributed by atoms with Gasteiger partial charge in [0.1, 0.15) is 0 Å². The van der Waals surface area contributed by atoms with Crippen LogP contribution >= 0.6 is 27.7 Å². The number of rotatable bonds is 8. The summed E-state index contributed by atoms with van der Waals surface area (Å²) in [6, 6.07) is 10.5. The Bertz CT molecular complexity index is 1100. The molecule has 1 saturated heterocycles. The fraction of sp³-hybridized carbons (Fsp3) is 0.292. The molecule has 7 nitrogen and oxygen atoms in total. The van der Waals surface area contributed by atoms with Gasteiger partial charge in [-0.15, -0.1) is 0 Å². The summed E-state index contributed by atoms with van der Waals surface area (Å²) < 4.78 is 17.2. The van der Waals surface area contributed by atoms with Crippen LogP contribution in [0, 0.1) is 0 Å². The van der Waals surface area contributed by atoms with Crippen molar-refractivity contribution in [2.75, 3.05) is 26.9 Å². The van der Waals surface area contributed by atoms with Crippen molar-refractivity contribution < 1.29 is 23.8 Å². The number of carbonyl (C=O) groups excluding carboxylic acids is 2. The number of ether oxygens (including phenoxy) is 3. The molecule has 0 N–H and O–H groups in total. The van der Waals surface area contributed by atoms with E-state index in [2.05, 4.69) is 20.9 Å². The number of halogens is 1. The molecule has 3 rings (SSSR count). The van der Waals surface area contributed by atoms with Crippen molar-refractivity contribution in [3.05, 3.63) is 56.9 Å². The number of likely N-dealkylation sites (N-methyl/N-ethyl adjacent to an activating group) is 1. The van der Waals surface area contributed by atoms with E-state index >= 15 is 0 Å². The number of nitrogens with zero attached hydrogens (tertiary/aromatic N) is 2. The van der Waals surface area contributed by atoms with E-state index in [1.807, 2.05) is 26.0 Å². The summed E-state index contributed by atoms with van der Waals surface area (Å²) in [6.07, 6.45) is 1.80. The smallest absolute Gasteiger partial charge is 0.338 e. The second kappa shape index (κ2) is 11.4. The summed E-state index contributed by atoms with van der Waals surface area (Å²) in [5.74, 6) is 0.722. The Balaban J connectivity index is 1.85. The molecule has 1 amide bonds. The van der Waals surface area contributed by atoms with Gasteiger partial charge in [0, 0.05) is 7.05 Å². The topological polar surface area (TPSA) is 77.4 Å². The van der Waals surface area contributed by atoms with Crippen LogP contribution in [0.25, 0.3) is 6.08 Å². The van der Waals surface area contributed by atoms with Crippen LogP contribution in [-0.2, 0) is 9.53 Å². The number of esters is 1. The summed E-state index contributed by atoms with van der Waals surface area (Å²) in [5.41, 5.74) is 1.89. The normalized spacial score (nSPS) is 15.9. The van der Waals surface area contributed by atoms with Gasteiger partial charge in [0.05, 0.1) is 40.4 Å². The summed E-state index contributed by atoms with van der Waals surface area (Å²) in [6.45, 7) is 6.90. The Hall–Kier alpha value is -2.78. The Morgan fingerprint density at radius 1 is 1.09 bits per heavy atom. The third kappa shape index (κ3) is 5.97. The summed E-state index contributed by atoms with van der Waals surface area (Å²) >= 11 is 4.82. The zero-order valence-electron chi connectivity index (χ0n) is 18.9. The lowest BCUT2D eigenvalue weighted by atomic mass is 10.2. The van der Waals surface area contributed by atoms with Gasteiger partial charge in [0.25, 0.3) is 5.91 Å². The van der Waals surface area contributed by atoms with Crippen LogP contribution in [0.1, 0.15) is 36.7 Å². The zero-order chi connectivity index (χ0) is 24.0. The number of hydrogen-bond acceptors (Lipinski definition) is 7. The molecule has 0 aliphatic carbocycles. The largest absolute Gasteiger partial charge is 0.490 e. The predicted octanol–water partition coefficient (Wildman–Crippen LogP) is 5.66. The number of hydrogen-bond donors (Lipinski definition) is 0. The molecule has 0 spiro atoms. The first kappa shape index (κ1) is 24.9. The first-order valence-electron chi connectivity index (χ1n) is 10.5. The number of aliphatic imine (C=N–C) groups is 1. The van der Waals surface area contributed by atoms with Crippen molar-refractivity contribution in [2.45, 2.75) is 20.8 Å². The zero-order valence-corrected chi connectivity index (χ0v) is 21.3. The number of amides is 1. The van der Waals surface area contributed by atoms with Crippen molar-refractivity contribution in [3.63, 3.8) is 0 Å². The molecule has 0 bridgehead atoms. The molecule has 33 heavy (non-hydrogen) atoms. The molecule has 2 aromatic rings. The van der Waals surface area contributed by atoms with Gasteiger partial charge in [-0.2, -0.15) is 0 Å². The number of thioether (sulfide) groups is 1. The van der Waals surface area contributed by atoms with Crippen LogP contribution in [0.4, 0.5) is 5.69 Å². The second-order valence-corrected chi connectivity index (χ2v) is 8.70. The molecule has 0 atom stereocenters. The van der Waals surface area contributed by atoms with Crippen LogP contribution in [-0.4, -0.2) is 48.8 Å². The highest BCUT2D eigenvalue weighted by Gasteiger charge is 2.30. The molecular weight excluding hydrogens is 508 g/mol. The maximum absolute atomic E-state index is 12.8. The van der Waals surface area contributed by atoms with E-state index in [1.54, 1.807) is 44.3 Å². The van der Waals surface area contributed by atoms with Crippen molar-refractivity contribution in [3.8, 4) is 11.5 Å². The highest BCUT2D eigenvalue weighted by Crippen LogP contribution is 2.39. The number of amidine groups is 1. The molecule has 174 valence electrons. The summed E-state index contributed by atoms with van der Waals surface area (Å²) in [7, 11) is 1.68. The van der Waals surface area contributed by atoms with Gasteiger partial charge in [-0.05, 0) is 96.5 Å². The quantitative estimate of drug-likeness (QED) is 0.322. The van der Waals surface area contributed by atoms with E-state index in [9.17, 15) is 9.59 Å². The van der Waals surface area contributed by atoms with Gasteiger partial charge < -0.3 is 14.2 Å². The van der Waals surface area contributed by atoms with E-state index in [0.717, 1.165) is 10.0 Å². The van der Waals surface area contributed by atoms with Crippen molar-refractivity contribution >= 4 is 56.5 Å². The minimum atomic E-state index is -0.377. The monoisotopic (exact) mass is 532 g/mol. The average Bonchev–Trinajstić information content (AvgIpc) is 3.04. The second-order valence-electron chi connectivity index (χ2n) is 6.83. The highest BCUT2D eigenvalue weighted by atomic mass is 79.9.